The fourth-order valence-electron chi connectivity index (χ4n) is 1.27. The molecule has 0 aliphatic heterocycles. The average Bonchev–Trinajstić information content (AvgIpc) is 2.27. The Labute approximate surface area is 98.8 Å². The number of hydrogen-bond acceptors (Lipinski definition) is 3. The van der Waals surface area contributed by atoms with Crippen molar-refractivity contribution in [2.75, 3.05) is 12.4 Å². The van der Waals surface area contributed by atoms with E-state index < -0.39 is 17.8 Å². The number of amides is 1. The SMILES string of the molecule is CO[C@H](C)C(=O)Nc1cc(F)ccc1C(C)=O. The smallest absolute Gasteiger partial charge is 0.253 e. The number of anilines is 1. The van der Waals surface area contributed by atoms with Gasteiger partial charge in [-0.3, -0.25) is 9.59 Å². The fraction of sp³-hybridized carbons (Fsp3) is 0.333. The highest BCUT2D eigenvalue weighted by molar-refractivity contribution is 6.04. The molecule has 1 aromatic carbocycles. The topological polar surface area (TPSA) is 55.4 Å². The fourth-order valence-corrected chi connectivity index (χ4v) is 1.27. The van der Waals surface area contributed by atoms with Crippen molar-refractivity contribution < 1.29 is 18.7 Å². The van der Waals surface area contributed by atoms with Crippen LogP contribution in [0, 0.1) is 5.82 Å². The number of ether oxygens (including phenoxy) is 1. The van der Waals surface area contributed by atoms with E-state index in [9.17, 15) is 14.0 Å². The second kappa shape index (κ2) is 5.54. The van der Waals surface area contributed by atoms with Crippen LogP contribution in [0.3, 0.4) is 0 Å². The number of halogens is 1. The molecule has 1 N–H and O–H groups in total. The number of methoxy groups -OCH3 is 1. The number of benzene rings is 1. The van der Waals surface area contributed by atoms with Gasteiger partial charge in [-0.05, 0) is 32.0 Å². The van der Waals surface area contributed by atoms with Gasteiger partial charge in [-0.2, -0.15) is 0 Å². The summed E-state index contributed by atoms with van der Waals surface area (Å²) in [7, 11) is 1.39. The predicted molar refractivity (Wildman–Crippen MR) is 61.5 cm³/mol. The van der Waals surface area contributed by atoms with E-state index in [1.54, 1.807) is 6.92 Å². The average molecular weight is 239 g/mol. The van der Waals surface area contributed by atoms with Crippen LogP contribution in [0.1, 0.15) is 24.2 Å². The third-order valence-corrected chi connectivity index (χ3v) is 2.34. The van der Waals surface area contributed by atoms with Gasteiger partial charge in [0.2, 0.25) is 0 Å². The van der Waals surface area contributed by atoms with Crippen molar-refractivity contribution in [1.29, 1.82) is 0 Å². The minimum Gasteiger partial charge on any atom is -0.372 e. The van der Waals surface area contributed by atoms with E-state index in [0.29, 0.717) is 0 Å². The summed E-state index contributed by atoms with van der Waals surface area (Å²) in [6.45, 7) is 2.91. The molecule has 0 unspecified atom stereocenters. The molecule has 5 heteroatoms. The Bertz CT molecular complexity index is 445. The van der Waals surface area contributed by atoms with Gasteiger partial charge < -0.3 is 10.1 Å². The van der Waals surface area contributed by atoms with Crippen LogP contribution in [-0.4, -0.2) is 24.9 Å². The lowest BCUT2D eigenvalue weighted by molar-refractivity contribution is -0.124. The quantitative estimate of drug-likeness (QED) is 0.817. The number of nitrogens with one attached hydrogen (secondary N) is 1. The Kier molecular flexibility index (Phi) is 4.34. The summed E-state index contributed by atoms with van der Waals surface area (Å²) in [6.07, 6.45) is -0.668. The van der Waals surface area contributed by atoms with Crippen molar-refractivity contribution in [1.82, 2.24) is 0 Å². The highest BCUT2D eigenvalue weighted by Gasteiger charge is 2.15. The first-order chi connectivity index (χ1) is 7.95. The number of carbonyl (C=O) groups is 2. The van der Waals surface area contributed by atoms with Crippen LogP contribution >= 0.6 is 0 Å². The number of rotatable bonds is 4. The van der Waals surface area contributed by atoms with Crippen molar-refractivity contribution >= 4 is 17.4 Å². The van der Waals surface area contributed by atoms with E-state index in [1.165, 1.54) is 26.2 Å². The maximum absolute atomic E-state index is 13.1. The third-order valence-electron chi connectivity index (χ3n) is 2.34. The lowest BCUT2D eigenvalue weighted by Gasteiger charge is -2.12. The zero-order chi connectivity index (χ0) is 13.0. The second-order valence-corrected chi connectivity index (χ2v) is 3.61. The lowest BCUT2D eigenvalue weighted by atomic mass is 10.1. The van der Waals surface area contributed by atoms with Crippen LogP contribution in [0.25, 0.3) is 0 Å². The summed E-state index contributed by atoms with van der Waals surface area (Å²) in [5.41, 5.74) is 0.425. The zero-order valence-corrected chi connectivity index (χ0v) is 9.91. The zero-order valence-electron chi connectivity index (χ0n) is 9.91. The van der Waals surface area contributed by atoms with Gasteiger partial charge in [-0.15, -0.1) is 0 Å². The third kappa shape index (κ3) is 3.35. The van der Waals surface area contributed by atoms with E-state index >= 15 is 0 Å². The van der Waals surface area contributed by atoms with Crippen LogP contribution in [-0.2, 0) is 9.53 Å². The molecule has 17 heavy (non-hydrogen) atoms. The summed E-state index contributed by atoms with van der Waals surface area (Å²) in [4.78, 5) is 22.9. The van der Waals surface area contributed by atoms with Crippen LogP contribution in [0.2, 0.25) is 0 Å². The maximum atomic E-state index is 13.1. The summed E-state index contributed by atoms with van der Waals surface area (Å²) < 4.78 is 17.9. The molecule has 0 bridgehead atoms. The Balaban J connectivity index is 3.00. The molecule has 1 aromatic rings. The molecule has 92 valence electrons. The van der Waals surface area contributed by atoms with Gasteiger partial charge in [0, 0.05) is 12.7 Å². The van der Waals surface area contributed by atoms with Gasteiger partial charge in [0.15, 0.2) is 5.78 Å². The summed E-state index contributed by atoms with van der Waals surface area (Å²) in [5.74, 6) is -1.19. The normalized spacial score (nSPS) is 12.0. The van der Waals surface area contributed by atoms with E-state index in [1.807, 2.05) is 0 Å². The molecule has 0 fully saturated rings. The van der Waals surface area contributed by atoms with Crippen LogP contribution in [0.15, 0.2) is 18.2 Å². The molecule has 1 amide bonds. The number of Topliss-reactive ketones (excluding diaryl/α,β-unsaturated/α-hetero) is 1. The van der Waals surface area contributed by atoms with Crippen LogP contribution in [0.5, 0.6) is 0 Å². The summed E-state index contributed by atoms with van der Waals surface area (Å²) >= 11 is 0. The summed E-state index contributed by atoms with van der Waals surface area (Å²) in [5, 5.41) is 2.46. The van der Waals surface area contributed by atoms with E-state index in [2.05, 4.69) is 5.32 Å². The predicted octanol–water partition coefficient (Wildman–Crippen LogP) is 2.00. The first-order valence-electron chi connectivity index (χ1n) is 5.10. The Morgan fingerprint density at radius 2 is 2.06 bits per heavy atom. The molecule has 0 radical (unpaired) electrons. The molecular formula is C12H14FNO3. The molecule has 0 spiro atoms. The molecule has 1 rings (SSSR count). The van der Waals surface area contributed by atoms with E-state index in [4.69, 9.17) is 4.74 Å². The minimum atomic E-state index is -0.668. The largest absolute Gasteiger partial charge is 0.372 e. The van der Waals surface area contributed by atoms with Gasteiger partial charge >= 0.3 is 0 Å². The molecule has 0 saturated carbocycles. The Morgan fingerprint density at radius 1 is 1.41 bits per heavy atom. The Hall–Kier alpha value is -1.75. The second-order valence-electron chi connectivity index (χ2n) is 3.61. The molecular weight excluding hydrogens is 225 g/mol. The number of hydrogen-bond donors (Lipinski definition) is 1. The number of carbonyl (C=O) groups excluding carboxylic acids is 2. The van der Waals surface area contributed by atoms with Crippen LogP contribution < -0.4 is 5.32 Å². The monoisotopic (exact) mass is 239 g/mol. The molecule has 0 aromatic heterocycles. The molecule has 0 heterocycles. The highest BCUT2D eigenvalue weighted by atomic mass is 19.1. The van der Waals surface area contributed by atoms with Crippen molar-refractivity contribution in [3.8, 4) is 0 Å². The first kappa shape index (κ1) is 13.3. The molecule has 0 aliphatic rings. The van der Waals surface area contributed by atoms with Crippen LogP contribution in [0.4, 0.5) is 10.1 Å². The van der Waals surface area contributed by atoms with Gasteiger partial charge in [0.25, 0.3) is 5.91 Å². The minimum absolute atomic E-state index is 0.159. The van der Waals surface area contributed by atoms with E-state index in [0.717, 1.165) is 6.07 Å². The number of ketones is 1. The van der Waals surface area contributed by atoms with Gasteiger partial charge in [-0.1, -0.05) is 0 Å². The molecule has 0 aliphatic carbocycles. The van der Waals surface area contributed by atoms with Crippen molar-refractivity contribution in [3.63, 3.8) is 0 Å². The van der Waals surface area contributed by atoms with Gasteiger partial charge in [0.05, 0.1) is 5.69 Å². The molecule has 1 atom stereocenters. The van der Waals surface area contributed by atoms with Crippen molar-refractivity contribution in [2.24, 2.45) is 0 Å². The van der Waals surface area contributed by atoms with E-state index in [-0.39, 0.29) is 17.0 Å². The lowest BCUT2D eigenvalue weighted by Crippen LogP contribution is -2.27. The molecule has 0 saturated heterocycles. The summed E-state index contributed by atoms with van der Waals surface area (Å²) in [6, 6.07) is 3.62. The van der Waals surface area contributed by atoms with Crippen molar-refractivity contribution in [3.05, 3.63) is 29.6 Å². The highest BCUT2D eigenvalue weighted by Crippen LogP contribution is 2.18. The first-order valence-corrected chi connectivity index (χ1v) is 5.10. The maximum Gasteiger partial charge on any atom is 0.253 e. The van der Waals surface area contributed by atoms with Crippen molar-refractivity contribution in [2.45, 2.75) is 20.0 Å². The van der Waals surface area contributed by atoms with Gasteiger partial charge in [0.1, 0.15) is 11.9 Å². The molecule has 4 nitrogen and oxygen atoms in total. The Morgan fingerprint density at radius 3 is 2.59 bits per heavy atom. The van der Waals surface area contributed by atoms with Gasteiger partial charge in [-0.25, -0.2) is 4.39 Å². The standard InChI is InChI=1S/C12H14FNO3/c1-7(15)10-5-4-9(13)6-11(10)14-12(16)8(2)17-3/h4-6,8H,1-3H3,(H,14,16)/t8-/m1/s1.